The van der Waals surface area contributed by atoms with Crippen LogP contribution in [0, 0.1) is 0 Å². The molecule has 0 aliphatic heterocycles. The highest BCUT2D eigenvalue weighted by molar-refractivity contribution is 7.08. The topological polar surface area (TPSA) is 96.3 Å². The van der Waals surface area contributed by atoms with Gasteiger partial charge in [-0.05, 0) is 61.4 Å². The molecule has 1 aromatic carbocycles. The molecule has 7 nitrogen and oxygen atoms in total. The van der Waals surface area contributed by atoms with Crippen molar-refractivity contribution < 1.29 is 29.3 Å². The number of unbranched alkanes of at least 4 members (excludes halogenated alkanes) is 4. The summed E-state index contributed by atoms with van der Waals surface area (Å²) in [6, 6.07) is 10.00. The van der Waals surface area contributed by atoms with Crippen LogP contribution in [0.3, 0.4) is 0 Å². The first-order valence-corrected chi connectivity index (χ1v) is 13.6. The second-order valence-electron chi connectivity index (χ2n) is 8.07. The standard InChI is InChI=1S/C26H31NO6S2/c28-25(29)7-3-1-5-11-32-23-15-22(16-24(17-23)33-12-6-2-4-8-26(30)31)27(20-9-13-34-18-20)21-10-14-35-19-21/h9-10,13-19H,1-8,11-12H2,(H,28,29)(H,30,31). The third-order valence-electron chi connectivity index (χ3n) is 5.26. The van der Waals surface area contributed by atoms with Crippen molar-refractivity contribution in [1.29, 1.82) is 0 Å². The molecule has 0 saturated heterocycles. The first kappa shape index (κ1) is 26.6. The quantitative estimate of drug-likeness (QED) is 0.181. The highest BCUT2D eigenvalue weighted by Crippen LogP contribution is 2.40. The van der Waals surface area contributed by atoms with E-state index >= 15 is 0 Å². The Morgan fingerprint density at radius 3 is 1.57 bits per heavy atom. The summed E-state index contributed by atoms with van der Waals surface area (Å²) in [6.45, 7) is 0.989. The summed E-state index contributed by atoms with van der Waals surface area (Å²) in [6.07, 6.45) is 4.76. The summed E-state index contributed by atoms with van der Waals surface area (Å²) in [5.74, 6) is -0.162. The van der Waals surface area contributed by atoms with E-state index in [1.807, 2.05) is 29.0 Å². The van der Waals surface area contributed by atoms with Crippen molar-refractivity contribution in [2.24, 2.45) is 0 Å². The molecule has 3 aromatic rings. The van der Waals surface area contributed by atoms with Gasteiger partial charge in [0, 0.05) is 41.8 Å². The number of hydrogen-bond acceptors (Lipinski definition) is 7. The molecule has 2 aromatic heterocycles. The molecular weight excluding hydrogens is 486 g/mol. The number of rotatable bonds is 17. The average molecular weight is 518 g/mol. The summed E-state index contributed by atoms with van der Waals surface area (Å²) in [7, 11) is 0. The van der Waals surface area contributed by atoms with Crippen molar-refractivity contribution in [3.63, 3.8) is 0 Å². The van der Waals surface area contributed by atoms with Gasteiger partial charge in [-0.25, -0.2) is 0 Å². The molecule has 0 unspecified atom stereocenters. The maximum absolute atomic E-state index is 10.7. The highest BCUT2D eigenvalue weighted by atomic mass is 32.1. The SMILES string of the molecule is O=C(O)CCCCCOc1cc(OCCCCCC(=O)O)cc(N(c2ccsc2)c2ccsc2)c1. The second-order valence-corrected chi connectivity index (χ2v) is 9.63. The van der Waals surface area contributed by atoms with Crippen LogP contribution >= 0.6 is 22.7 Å². The first-order valence-electron chi connectivity index (χ1n) is 11.7. The van der Waals surface area contributed by atoms with Gasteiger partial charge in [0.2, 0.25) is 0 Å². The fourth-order valence-electron chi connectivity index (χ4n) is 3.56. The molecule has 2 N–H and O–H groups in total. The summed E-state index contributed by atoms with van der Waals surface area (Å²) in [5, 5.41) is 25.8. The largest absolute Gasteiger partial charge is 0.493 e. The van der Waals surface area contributed by atoms with Gasteiger partial charge < -0.3 is 24.6 Å². The molecule has 0 radical (unpaired) electrons. The number of carboxylic acid groups (broad SMARTS) is 2. The number of carbonyl (C=O) groups is 2. The molecule has 0 spiro atoms. The van der Waals surface area contributed by atoms with Crippen LogP contribution in [0.1, 0.15) is 51.4 Å². The lowest BCUT2D eigenvalue weighted by Crippen LogP contribution is -2.09. The van der Waals surface area contributed by atoms with Crippen molar-refractivity contribution in [3.8, 4) is 11.5 Å². The minimum absolute atomic E-state index is 0.177. The Bertz CT molecular complexity index is 958. The number of anilines is 3. The molecule has 0 aliphatic carbocycles. The summed E-state index contributed by atoms with van der Waals surface area (Å²) >= 11 is 3.26. The third kappa shape index (κ3) is 9.26. The molecule has 0 fully saturated rings. The monoisotopic (exact) mass is 517 g/mol. The summed E-state index contributed by atoms with van der Waals surface area (Å²) in [4.78, 5) is 23.5. The van der Waals surface area contributed by atoms with E-state index in [-0.39, 0.29) is 12.8 Å². The van der Waals surface area contributed by atoms with Crippen LogP contribution in [0.15, 0.2) is 51.9 Å². The lowest BCUT2D eigenvalue weighted by atomic mass is 10.2. The van der Waals surface area contributed by atoms with E-state index in [9.17, 15) is 9.59 Å². The van der Waals surface area contributed by atoms with Crippen molar-refractivity contribution in [1.82, 2.24) is 0 Å². The molecule has 3 rings (SSSR count). The lowest BCUT2D eigenvalue weighted by Gasteiger charge is -2.24. The predicted octanol–water partition coefficient (Wildman–Crippen LogP) is 7.33. The Kier molecular flexibility index (Phi) is 10.9. The molecule has 188 valence electrons. The first-order chi connectivity index (χ1) is 17.0. The lowest BCUT2D eigenvalue weighted by molar-refractivity contribution is -0.138. The number of hydrogen-bond donors (Lipinski definition) is 2. The Hall–Kier alpha value is -3.04. The molecular formula is C26H31NO6S2. The molecule has 0 atom stereocenters. The Balaban J connectivity index is 1.71. The van der Waals surface area contributed by atoms with E-state index in [1.54, 1.807) is 22.7 Å². The minimum atomic E-state index is -0.773. The highest BCUT2D eigenvalue weighted by Gasteiger charge is 2.16. The van der Waals surface area contributed by atoms with E-state index in [1.165, 1.54) is 0 Å². The fourth-order valence-corrected chi connectivity index (χ4v) is 4.80. The van der Waals surface area contributed by atoms with Crippen LogP contribution in [-0.4, -0.2) is 35.4 Å². The molecule has 0 bridgehead atoms. The van der Waals surface area contributed by atoms with Crippen LogP contribution in [0.4, 0.5) is 17.1 Å². The number of aliphatic carboxylic acids is 2. The summed E-state index contributed by atoms with van der Waals surface area (Å²) < 4.78 is 12.1. The molecule has 2 heterocycles. The van der Waals surface area contributed by atoms with Crippen LogP contribution in [0.2, 0.25) is 0 Å². The number of thiophene rings is 2. The third-order valence-corrected chi connectivity index (χ3v) is 6.60. The van der Waals surface area contributed by atoms with E-state index < -0.39 is 11.9 Å². The van der Waals surface area contributed by atoms with E-state index in [2.05, 4.69) is 27.8 Å². The maximum Gasteiger partial charge on any atom is 0.303 e. The van der Waals surface area contributed by atoms with Crippen molar-refractivity contribution in [3.05, 3.63) is 51.9 Å². The molecule has 35 heavy (non-hydrogen) atoms. The van der Waals surface area contributed by atoms with Gasteiger partial charge in [0.1, 0.15) is 11.5 Å². The van der Waals surface area contributed by atoms with Gasteiger partial charge in [-0.15, -0.1) is 0 Å². The number of ether oxygens (including phenoxy) is 2. The van der Waals surface area contributed by atoms with Crippen LogP contribution in [0.25, 0.3) is 0 Å². The zero-order chi connectivity index (χ0) is 24.9. The second kappa shape index (κ2) is 14.4. The molecule has 9 heteroatoms. The number of nitrogens with zero attached hydrogens (tertiary/aromatic N) is 1. The van der Waals surface area contributed by atoms with Gasteiger partial charge in [-0.1, -0.05) is 0 Å². The van der Waals surface area contributed by atoms with Gasteiger partial charge in [0.05, 0.1) is 30.3 Å². The summed E-state index contributed by atoms with van der Waals surface area (Å²) in [5.41, 5.74) is 3.03. The van der Waals surface area contributed by atoms with E-state index in [0.29, 0.717) is 37.6 Å². The smallest absolute Gasteiger partial charge is 0.303 e. The van der Waals surface area contributed by atoms with Crippen molar-refractivity contribution in [2.75, 3.05) is 18.1 Å². The predicted molar refractivity (Wildman–Crippen MR) is 140 cm³/mol. The number of carboxylic acids is 2. The fraction of sp³-hybridized carbons (Fsp3) is 0.385. The van der Waals surface area contributed by atoms with Gasteiger partial charge in [-0.2, -0.15) is 22.7 Å². The van der Waals surface area contributed by atoms with Crippen molar-refractivity contribution in [2.45, 2.75) is 51.4 Å². The molecule has 0 amide bonds. The molecule has 0 saturated carbocycles. The Morgan fingerprint density at radius 1 is 0.686 bits per heavy atom. The van der Waals surface area contributed by atoms with Crippen molar-refractivity contribution >= 4 is 51.7 Å². The van der Waals surface area contributed by atoms with Gasteiger partial charge in [0.25, 0.3) is 0 Å². The van der Waals surface area contributed by atoms with Gasteiger partial charge in [-0.3, -0.25) is 9.59 Å². The zero-order valence-corrected chi connectivity index (χ0v) is 21.2. The van der Waals surface area contributed by atoms with Crippen LogP contribution in [-0.2, 0) is 9.59 Å². The zero-order valence-electron chi connectivity index (χ0n) is 19.6. The van der Waals surface area contributed by atoms with E-state index in [4.69, 9.17) is 19.7 Å². The minimum Gasteiger partial charge on any atom is -0.493 e. The Morgan fingerprint density at radius 2 is 1.17 bits per heavy atom. The average Bonchev–Trinajstić information content (AvgIpc) is 3.54. The normalized spacial score (nSPS) is 10.7. The van der Waals surface area contributed by atoms with E-state index in [0.717, 1.165) is 42.7 Å². The number of benzene rings is 1. The van der Waals surface area contributed by atoms with Gasteiger partial charge >= 0.3 is 11.9 Å². The molecule has 0 aliphatic rings. The van der Waals surface area contributed by atoms with Crippen LogP contribution < -0.4 is 14.4 Å². The van der Waals surface area contributed by atoms with Gasteiger partial charge in [0.15, 0.2) is 0 Å². The van der Waals surface area contributed by atoms with Crippen LogP contribution in [0.5, 0.6) is 11.5 Å². The maximum atomic E-state index is 10.7. The Labute approximate surface area is 213 Å².